The molecule has 0 aromatic carbocycles. The Morgan fingerprint density at radius 2 is 0.565 bits per heavy atom. The lowest BCUT2D eigenvalue weighted by molar-refractivity contribution is -0.167. The molecular weight excluding hydrogens is 853 g/mol. The normalized spacial score (nSPS) is 12.9. The number of allylic oxidation sites excluding steroid dienone is 18. The topological polar surface area (TPSA) is 78.9 Å². The SMILES string of the molecule is CC/C=C\C/C=C\C/C=C\C/C=C\C/C=C\C/C=C\C/C=C\C/C=C\CCCCC(=O)OCC(COC(=O)CCCCCCCCCCCC)OC(=O)CCCCCCC/C=C\CCCCCCC. The molecule has 1 atom stereocenters. The Morgan fingerprint density at radius 1 is 0.304 bits per heavy atom. The molecule has 0 aliphatic carbocycles. The summed E-state index contributed by atoms with van der Waals surface area (Å²) in [7, 11) is 0. The molecule has 0 aliphatic rings. The van der Waals surface area contributed by atoms with Gasteiger partial charge in [-0.05, 0) is 109 Å². The molecule has 0 aliphatic heterocycles. The first-order valence-electron chi connectivity index (χ1n) is 28.4. The summed E-state index contributed by atoms with van der Waals surface area (Å²) >= 11 is 0. The summed E-state index contributed by atoms with van der Waals surface area (Å²) in [6.07, 6.45) is 76.6. The van der Waals surface area contributed by atoms with Crippen LogP contribution in [0, 0.1) is 0 Å². The lowest BCUT2D eigenvalue weighted by Gasteiger charge is -2.18. The van der Waals surface area contributed by atoms with E-state index < -0.39 is 6.10 Å². The summed E-state index contributed by atoms with van der Waals surface area (Å²) in [6.45, 7) is 6.45. The Kier molecular flexibility index (Phi) is 53.4. The predicted molar refractivity (Wildman–Crippen MR) is 297 cm³/mol. The zero-order valence-electron chi connectivity index (χ0n) is 44.8. The molecule has 0 saturated heterocycles. The summed E-state index contributed by atoms with van der Waals surface area (Å²) in [6, 6.07) is 0. The molecule has 1 unspecified atom stereocenters. The summed E-state index contributed by atoms with van der Waals surface area (Å²) in [5.74, 6) is -0.952. The Balaban J connectivity index is 4.38. The van der Waals surface area contributed by atoms with E-state index in [9.17, 15) is 14.4 Å². The molecule has 0 bridgehead atoms. The maximum absolute atomic E-state index is 12.8. The van der Waals surface area contributed by atoms with Crippen molar-refractivity contribution in [1.29, 1.82) is 0 Å². The maximum atomic E-state index is 12.8. The second-order valence-corrected chi connectivity index (χ2v) is 18.5. The number of rotatable bonds is 50. The molecule has 0 aromatic rings. The minimum Gasteiger partial charge on any atom is -0.462 e. The number of ether oxygens (including phenoxy) is 3. The first kappa shape index (κ1) is 65.1. The van der Waals surface area contributed by atoms with Gasteiger partial charge in [-0.1, -0.05) is 233 Å². The second-order valence-electron chi connectivity index (χ2n) is 18.5. The molecule has 6 nitrogen and oxygen atoms in total. The minimum atomic E-state index is -0.799. The number of carbonyl (C=O) groups excluding carboxylic acids is 3. The van der Waals surface area contributed by atoms with Crippen molar-refractivity contribution in [2.45, 2.75) is 258 Å². The number of esters is 3. The van der Waals surface area contributed by atoms with Gasteiger partial charge in [-0.2, -0.15) is 0 Å². The minimum absolute atomic E-state index is 0.0947. The van der Waals surface area contributed by atoms with Gasteiger partial charge in [-0.15, -0.1) is 0 Å². The molecule has 0 N–H and O–H groups in total. The Labute approximate surface area is 425 Å². The van der Waals surface area contributed by atoms with Crippen molar-refractivity contribution >= 4 is 17.9 Å². The first-order valence-corrected chi connectivity index (χ1v) is 28.4. The molecule has 0 spiro atoms. The number of carbonyl (C=O) groups is 3. The third kappa shape index (κ3) is 54.9. The smallest absolute Gasteiger partial charge is 0.306 e. The zero-order valence-corrected chi connectivity index (χ0v) is 44.8. The van der Waals surface area contributed by atoms with Crippen LogP contribution in [0.4, 0.5) is 0 Å². The van der Waals surface area contributed by atoms with Gasteiger partial charge in [-0.3, -0.25) is 14.4 Å². The van der Waals surface area contributed by atoms with Crippen LogP contribution in [0.3, 0.4) is 0 Å². The van der Waals surface area contributed by atoms with Crippen LogP contribution in [0.1, 0.15) is 252 Å². The van der Waals surface area contributed by atoms with Gasteiger partial charge in [0, 0.05) is 19.3 Å². The van der Waals surface area contributed by atoms with E-state index in [0.29, 0.717) is 19.3 Å². The van der Waals surface area contributed by atoms with Crippen LogP contribution < -0.4 is 0 Å². The van der Waals surface area contributed by atoms with E-state index in [0.717, 1.165) is 122 Å². The van der Waals surface area contributed by atoms with Gasteiger partial charge in [0.1, 0.15) is 13.2 Å². The highest BCUT2D eigenvalue weighted by molar-refractivity contribution is 5.71. The van der Waals surface area contributed by atoms with Gasteiger partial charge in [0.25, 0.3) is 0 Å². The van der Waals surface area contributed by atoms with Crippen LogP contribution in [0.15, 0.2) is 109 Å². The Hall–Kier alpha value is -3.93. The molecule has 0 fully saturated rings. The summed E-state index contributed by atoms with van der Waals surface area (Å²) in [5.41, 5.74) is 0. The van der Waals surface area contributed by atoms with Crippen molar-refractivity contribution in [1.82, 2.24) is 0 Å². The molecule has 0 aromatic heterocycles. The molecule has 0 rings (SSSR count). The largest absolute Gasteiger partial charge is 0.462 e. The average molecular weight is 958 g/mol. The van der Waals surface area contributed by atoms with Crippen LogP contribution >= 0.6 is 0 Å². The van der Waals surface area contributed by atoms with Crippen molar-refractivity contribution in [2.24, 2.45) is 0 Å². The molecular formula is C63H104O6. The lowest BCUT2D eigenvalue weighted by atomic mass is 10.1. The molecule has 6 heteroatoms. The highest BCUT2D eigenvalue weighted by Gasteiger charge is 2.19. The third-order valence-electron chi connectivity index (χ3n) is 11.8. The fourth-order valence-corrected chi connectivity index (χ4v) is 7.51. The monoisotopic (exact) mass is 957 g/mol. The van der Waals surface area contributed by atoms with Crippen LogP contribution in [-0.2, 0) is 28.6 Å². The maximum Gasteiger partial charge on any atom is 0.306 e. The van der Waals surface area contributed by atoms with Gasteiger partial charge in [0.2, 0.25) is 0 Å². The second kappa shape index (κ2) is 56.7. The van der Waals surface area contributed by atoms with E-state index in [1.807, 2.05) is 0 Å². The quantitative estimate of drug-likeness (QED) is 0.0262. The molecule has 392 valence electrons. The molecule has 0 saturated carbocycles. The van der Waals surface area contributed by atoms with Crippen molar-refractivity contribution in [3.63, 3.8) is 0 Å². The average Bonchev–Trinajstić information content (AvgIpc) is 3.35. The van der Waals surface area contributed by atoms with E-state index in [1.54, 1.807) is 0 Å². The van der Waals surface area contributed by atoms with Crippen LogP contribution in [0.2, 0.25) is 0 Å². The van der Waals surface area contributed by atoms with E-state index >= 15 is 0 Å². The van der Waals surface area contributed by atoms with Gasteiger partial charge < -0.3 is 14.2 Å². The number of hydrogen-bond donors (Lipinski definition) is 0. The van der Waals surface area contributed by atoms with Crippen molar-refractivity contribution < 1.29 is 28.6 Å². The van der Waals surface area contributed by atoms with Crippen molar-refractivity contribution in [3.8, 4) is 0 Å². The van der Waals surface area contributed by atoms with Crippen LogP contribution in [0.25, 0.3) is 0 Å². The first-order chi connectivity index (χ1) is 34.0. The highest BCUT2D eigenvalue weighted by atomic mass is 16.6. The zero-order chi connectivity index (χ0) is 50.0. The van der Waals surface area contributed by atoms with Crippen LogP contribution in [-0.4, -0.2) is 37.2 Å². The molecule has 0 radical (unpaired) electrons. The van der Waals surface area contributed by atoms with E-state index in [1.165, 1.54) is 89.9 Å². The highest BCUT2D eigenvalue weighted by Crippen LogP contribution is 2.14. The van der Waals surface area contributed by atoms with Gasteiger partial charge in [0.15, 0.2) is 6.10 Å². The van der Waals surface area contributed by atoms with Crippen LogP contribution in [0.5, 0.6) is 0 Å². The van der Waals surface area contributed by atoms with Gasteiger partial charge in [0.05, 0.1) is 0 Å². The summed E-state index contributed by atoms with van der Waals surface area (Å²) in [4.78, 5) is 38.0. The number of unbranched alkanes of at least 4 members (excludes halogenated alkanes) is 21. The van der Waals surface area contributed by atoms with E-state index in [2.05, 4.69) is 130 Å². The number of hydrogen-bond acceptors (Lipinski definition) is 6. The lowest BCUT2D eigenvalue weighted by Crippen LogP contribution is -2.30. The summed E-state index contributed by atoms with van der Waals surface area (Å²) < 4.78 is 16.8. The molecule has 0 heterocycles. The summed E-state index contributed by atoms with van der Waals surface area (Å²) in [5, 5.41) is 0. The Bertz CT molecular complexity index is 1420. The van der Waals surface area contributed by atoms with Gasteiger partial charge >= 0.3 is 17.9 Å². The van der Waals surface area contributed by atoms with Gasteiger partial charge in [-0.25, -0.2) is 0 Å². The standard InChI is InChI=1S/C63H104O6/c1-4-7-10-13-16-19-22-24-26-27-28-29-30-31-32-33-34-35-36-37-38-40-41-44-47-50-53-56-62(65)68-59-60(58-67-61(64)55-52-49-46-43-21-18-15-12-9-6-3)69-63(66)57-54-51-48-45-42-39-25-23-20-17-14-11-8-5-2/h7,10,16,19,23-26,28-29,31-32,34-35,37-38,41,44,60H,4-6,8-9,11-15,17-18,20-22,27,30,33,36,39-40,42-43,45-59H2,1-3H3/b10-7-,19-16-,25-23-,26-24-,29-28-,32-31-,35-34-,38-37-,44-41-. The van der Waals surface area contributed by atoms with Crippen molar-refractivity contribution in [2.75, 3.05) is 13.2 Å². The van der Waals surface area contributed by atoms with E-state index in [-0.39, 0.29) is 31.1 Å². The predicted octanol–water partition coefficient (Wildman–Crippen LogP) is 19.1. The fourth-order valence-electron chi connectivity index (χ4n) is 7.51. The Morgan fingerprint density at radius 3 is 0.928 bits per heavy atom. The molecule has 0 amide bonds. The molecule has 69 heavy (non-hydrogen) atoms. The fraction of sp³-hybridized carbons (Fsp3) is 0.667. The van der Waals surface area contributed by atoms with E-state index in [4.69, 9.17) is 14.2 Å². The van der Waals surface area contributed by atoms with Crippen molar-refractivity contribution in [3.05, 3.63) is 109 Å². The third-order valence-corrected chi connectivity index (χ3v) is 11.8.